The number of aromatic nitrogens is 1. The first-order chi connectivity index (χ1) is 16.2. The third kappa shape index (κ3) is 5.59. The third-order valence-electron chi connectivity index (χ3n) is 5.47. The Morgan fingerprint density at radius 1 is 0.939 bits per heavy atom. The van der Waals surface area contributed by atoms with Crippen molar-refractivity contribution in [2.45, 2.75) is 32.8 Å². The number of aliphatic hydroxyl groups excluding tert-OH is 1. The third-order valence-corrected chi connectivity index (χ3v) is 5.47. The summed E-state index contributed by atoms with van der Waals surface area (Å²) >= 11 is 0. The number of pyridine rings is 1. The van der Waals surface area contributed by atoms with E-state index in [1.807, 2.05) is 61.5 Å². The number of ether oxygens (including phenoxy) is 1. The molecule has 0 aliphatic heterocycles. The predicted octanol–water partition coefficient (Wildman–Crippen LogP) is 5.77. The van der Waals surface area contributed by atoms with E-state index in [-0.39, 0.29) is 12.6 Å². The highest BCUT2D eigenvalue weighted by molar-refractivity contribution is 6.08. The standard InChI is InChI=1S/C27H29N3O3/c1-2-33-26(32)13-7-8-14-28-20-15-19(18-31)16-21(17-20)29-27-22-9-3-5-11-24(22)30-25-12-6-4-10-23(25)27/h3-6,9-12,15-17,28,31H,2,7-8,13-14,18H2,1H3,(H,29,30). The van der Waals surface area contributed by atoms with E-state index in [2.05, 4.69) is 22.8 Å². The molecule has 0 fully saturated rings. The van der Waals surface area contributed by atoms with Crippen molar-refractivity contribution in [1.82, 2.24) is 4.98 Å². The molecule has 1 heterocycles. The topological polar surface area (TPSA) is 83.5 Å². The molecule has 0 radical (unpaired) electrons. The first-order valence-corrected chi connectivity index (χ1v) is 11.4. The normalized spacial score (nSPS) is 11.0. The molecule has 170 valence electrons. The van der Waals surface area contributed by atoms with Crippen LogP contribution in [0.5, 0.6) is 0 Å². The number of fused-ring (bicyclic) bond motifs is 2. The number of carbonyl (C=O) groups excluding carboxylic acids is 1. The van der Waals surface area contributed by atoms with Crippen molar-refractivity contribution in [2.24, 2.45) is 0 Å². The Labute approximate surface area is 193 Å². The zero-order chi connectivity index (χ0) is 23.0. The van der Waals surface area contributed by atoms with E-state index >= 15 is 0 Å². The number of anilines is 3. The molecule has 0 saturated carbocycles. The summed E-state index contributed by atoms with van der Waals surface area (Å²) in [5.74, 6) is -0.150. The Kier molecular flexibility index (Phi) is 7.37. The second kappa shape index (κ2) is 10.8. The highest BCUT2D eigenvalue weighted by atomic mass is 16.5. The van der Waals surface area contributed by atoms with Crippen LogP contribution in [0, 0.1) is 0 Å². The quantitative estimate of drug-likeness (QED) is 0.164. The van der Waals surface area contributed by atoms with Crippen LogP contribution in [0.25, 0.3) is 21.8 Å². The fourth-order valence-corrected chi connectivity index (χ4v) is 3.94. The zero-order valence-electron chi connectivity index (χ0n) is 18.8. The fraction of sp³-hybridized carbons (Fsp3) is 0.259. The van der Waals surface area contributed by atoms with Crippen LogP contribution < -0.4 is 10.6 Å². The predicted molar refractivity (Wildman–Crippen MR) is 134 cm³/mol. The van der Waals surface area contributed by atoms with Gasteiger partial charge in [-0.3, -0.25) is 4.79 Å². The number of carbonyl (C=O) groups is 1. The van der Waals surface area contributed by atoms with Gasteiger partial charge in [-0.05, 0) is 55.7 Å². The molecule has 0 atom stereocenters. The molecule has 33 heavy (non-hydrogen) atoms. The molecule has 0 amide bonds. The number of benzene rings is 3. The maximum absolute atomic E-state index is 11.5. The van der Waals surface area contributed by atoms with Gasteiger partial charge >= 0.3 is 5.97 Å². The smallest absolute Gasteiger partial charge is 0.305 e. The highest BCUT2D eigenvalue weighted by Crippen LogP contribution is 2.34. The Hall–Kier alpha value is -3.64. The zero-order valence-corrected chi connectivity index (χ0v) is 18.8. The molecule has 4 rings (SSSR count). The summed E-state index contributed by atoms with van der Waals surface area (Å²) in [6, 6.07) is 22.1. The Morgan fingerprint density at radius 3 is 2.27 bits per heavy atom. The average molecular weight is 444 g/mol. The van der Waals surface area contributed by atoms with E-state index < -0.39 is 0 Å². The lowest BCUT2D eigenvalue weighted by Crippen LogP contribution is -2.06. The van der Waals surface area contributed by atoms with Gasteiger partial charge in [0.25, 0.3) is 0 Å². The minimum atomic E-state index is -0.150. The van der Waals surface area contributed by atoms with Crippen LogP contribution in [0.1, 0.15) is 31.7 Å². The van der Waals surface area contributed by atoms with Gasteiger partial charge in [0.05, 0.1) is 29.9 Å². The number of rotatable bonds is 10. The van der Waals surface area contributed by atoms with Gasteiger partial charge in [0.15, 0.2) is 0 Å². The van der Waals surface area contributed by atoms with Crippen molar-refractivity contribution in [3.8, 4) is 0 Å². The van der Waals surface area contributed by atoms with Crippen molar-refractivity contribution in [3.63, 3.8) is 0 Å². The molecule has 4 aromatic rings. The van der Waals surface area contributed by atoms with Crippen LogP contribution in [0.4, 0.5) is 17.1 Å². The Morgan fingerprint density at radius 2 is 1.61 bits per heavy atom. The molecular weight excluding hydrogens is 414 g/mol. The number of nitrogens with one attached hydrogen (secondary N) is 2. The molecule has 0 saturated heterocycles. The molecule has 1 aromatic heterocycles. The van der Waals surface area contributed by atoms with Gasteiger partial charge < -0.3 is 20.5 Å². The number of para-hydroxylation sites is 2. The SMILES string of the molecule is CCOC(=O)CCCCNc1cc(CO)cc(Nc2c3ccccc3nc3ccccc23)c1. The highest BCUT2D eigenvalue weighted by Gasteiger charge is 2.10. The monoisotopic (exact) mass is 443 g/mol. The molecule has 6 nitrogen and oxygen atoms in total. The van der Waals surface area contributed by atoms with Crippen LogP contribution in [0.2, 0.25) is 0 Å². The Balaban J connectivity index is 1.55. The van der Waals surface area contributed by atoms with Gasteiger partial charge in [0.2, 0.25) is 0 Å². The first kappa shape index (κ1) is 22.6. The number of nitrogens with zero attached hydrogens (tertiary/aromatic N) is 1. The van der Waals surface area contributed by atoms with Crippen molar-refractivity contribution >= 4 is 44.8 Å². The largest absolute Gasteiger partial charge is 0.466 e. The van der Waals surface area contributed by atoms with Crippen LogP contribution in [0.3, 0.4) is 0 Å². The van der Waals surface area contributed by atoms with E-state index in [1.165, 1.54) is 0 Å². The molecule has 3 N–H and O–H groups in total. The summed E-state index contributed by atoms with van der Waals surface area (Å²) in [4.78, 5) is 16.3. The maximum atomic E-state index is 11.5. The van der Waals surface area contributed by atoms with Gasteiger partial charge in [-0.2, -0.15) is 0 Å². The molecular formula is C27H29N3O3. The number of esters is 1. The maximum Gasteiger partial charge on any atom is 0.305 e. The van der Waals surface area contributed by atoms with E-state index in [0.29, 0.717) is 13.0 Å². The number of hydrogen-bond donors (Lipinski definition) is 3. The average Bonchev–Trinajstić information content (AvgIpc) is 2.83. The van der Waals surface area contributed by atoms with Gasteiger partial charge in [0, 0.05) is 35.1 Å². The number of unbranched alkanes of at least 4 members (excludes halogenated alkanes) is 1. The van der Waals surface area contributed by atoms with E-state index in [9.17, 15) is 9.90 Å². The number of aliphatic hydroxyl groups is 1. The Bertz CT molecular complexity index is 1200. The van der Waals surface area contributed by atoms with Gasteiger partial charge in [-0.25, -0.2) is 4.98 Å². The molecule has 0 bridgehead atoms. The summed E-state index contributed by atoms with van der Waals surface area (Å²) < 4.78 is 4.97. The molecule has 0 aliphatic carbocycles. The summed E-state index contributed by atoms with van der Waals surface area (Å²) in [7, 11) is 0. The van der Waals surface area contributed by atoms with Gasteiger partial charge in [-0.15, -0.1) is 0 Å². The second-order valence-corrected chi connectivity index (χ2v) is 7.91. The van der Waals surface area contributed by atoms with Gasteiger partial charge in [0.1, 0.15) is 0 Å². The fourth-order valence-electron chi connectivity index (χ4n) is 3.94. The lowest BCUT2D eigenvalue weighted by molar-refractivity contribution is -0.143. The van der Waals surface area contributed by atoms with Crippen LogP contribution >= 0.6 is 0 Å². The second-order valence-electron chi connectivity index (χ2n) is 7.91. The van der Waals surface area contributed by atoms with Gasteiger partial charge in [-0.1, -0.05) is 36.4 Å². The number of hydrogen-bond acceptors (Lipinski definition) is 6. The molecule has 0 unspecified atom stereocenters. The minimum absolute atomic E-state index is 0.0507. The van der Waals surface area contributed by atoms with Crippen molar-refractivity contribution in [3.05, 3.63) is 72.3 Å². The summed E-state index contributed by atoms with van der Waals surface area (Å²) in [6.45, 7) is 2.92. The van der Waals surface area contributed by atoms with Crippen LogP contribution in [-0.4, -0.2) is 29.2 Å². The van der Waals surface area contributed by atoms with Crippen molar-refractivity contribution in [1.29, 1.82) is 0 Å². The lowest BCUT2D eigenvalue weighted by Gasteiger charge is -2.16. The van der Waals surface area contributed by atoms with E-state index in [1.54, 1.807) is 0 Å². The van der Waals surface area contributed by atoms with E-state index in [0.717, 1.165) is 63.8 Å². The molecule has 0 spiro atoms. The first-order valence-electron chi connectivity index (χ1n) is 11.4. The molecule has 3 aromatic carbocycles. The lowest BCUT2D eigenvalue weighted by atomic mass is 10.1. The summed E-state index contributed by atoms with van der Waals surface area (Å²) in [5.41, 5.74) is 5.47. The van der Waals surface area contributed by atoms with Crippen LogP contribution in [0.15, 0.2) is 66.7 Å². The summed E-state index contributed by atoms with van der Waals surface area (Å²) in [5, 5.41) is 18.9. The van der Waals surface area contributed by atoms with Crippen molar-refractivity contribution in [2.75, 3.05) is 23.8 Å². The minimum Gasteiger partial charge on any atom is -0.466 e. The van der Waals surface area contributed by atoms with Crippen LogP contribution in [-0.2, 0) is 16.1 Å². The summed E-state index contributed by atoms with van der Waals surface area (Å²) in [6.07, 6.45) is 2.05. The van der Waals surface area contributed by atoms with Crippen molar-refractivity contribution < 1.29 is 14.6 Å². The van der Waals surface area contributed by atoms with E-state index in [4.69, 9.17) is 9.72 Å². The molecule has 6 heteroatoms. The molecule has 0 aliphatic rings.